The zero-order valence-corrected chi connectivity index (χ0v) is 11.0. The molecule has 1 aliphatic heterocycles. The summed E-state index contributed by atoms with van der Waals surface area (Å²) >= 11 is 5.69. The van der Waals surface area contributed by atoms with Crippen LogP contribution in [0.3, 0.4) is 0 Å². The van der Waals surface area contributed by atoms with Crippen molar-refractivity contribution in [2.45, 2.75) is 35.3 Å². The second kappa shape index (κ2) is 3.70. The van der Waals surface area contributed by atoms with Crippen LogP contribution in [0.4, 0.5) is 5.69 Å². The number of anilines is 1. The van der Waals surface area contributed by atoms with E-state index in [1.807, 2.05) is 0 Å². The molecule has 1 heterocycles. The molecule has 1 spiro atoms. The first kappa shape index (κ1) is 10.0. The summed E-state index contributed by atoms with van der Waals surface area (Å²) in [5.41, 5.74) is 1.29. The van der Waals surface area contributed by atoms with Crippen molar-refractivity contribution in [3.8, 4) is 0 Å². The Labute approximate surface area is 103 Å². The molecule has 0 amide bonds. The molecule has 1 nitrogen and oxygen atoms in total. The van der Waals surface area contributed by atoms with Crippen LogP contribution in [0.1, 0.15) is 25.7 Å². The summed E-state index contributed by atoms with van der Waals surface area (Å²) in [6.07, 6.45) is 5.54. The Morgan fingerprint density at radius 3 is 2.87 bits per heavy atom. The van der Waals surface area contributed by atoms with Crippen molar-refractivity contribution in [2.75, 3.05) is 11.9 Å². The second-order valence-electron chi connectivity index (χ2n) is 4.46. The van der Waals surface area contributed by atoms with Gasteiger partial charge in [-0.05, 0) is 40.9 Å². The van der Waals surface area contributed by atoms with E-state index in [1.165, 1.54) is 40.7 Å². The van der Waals surface area contributed by atoms with Crippen LogP contribution in [-0.4, -0.2) is 11.3 Å². The summed E-state index contributed by atoms with van der Waals surface area (Å²) in [5.74, 6) is 0. The van der Waals surface area contributed by atoms with Gasteiger partial charge >= 0.3 is 0 Å². The quantitative estimate of drug-likeness (QED) is 0.763. The van der Waals surface area contributed by atoms with Crippen molar-refractivity contribution < 1.29 is 0 Å². The molecule has 3 rings (SSSR count). The Bertz CT molecular complexity index is 385. The van der Waals surface area contributed by atoms with Gasteiger partial charge in [-0.25, -0.2) is 0 Å². The lowest BCUT2D eigenvalue weighted by molar-refractivity contribution is 0.630. The molecule has 0 radical (unpaired) electrons. The number of thioether (sulfide) groups is 1. The topological polar surface area (TPSA) is 12.0 Å². The summed E-state index contributed by atoms with van der Waals surface area (Å²) < 4.78 is 1.69. The summed E-state index contributed by atoms with van der Waals surface area (Å²) in [6.45, 7) is 1.13. The Kier molecular flexibility index (Phi) is 2.48. The molecule has 0 saturated heterocycles. The SMILES string of the molecule is Brc1cccc2c1NCC1(CCCC1)S2. The van der Waals surface area contributed by atoms with Crippen molar-refractivity contribution in [3.05, 3.63) is 22.7 Å². The molecule has 1 fully saturated rings. The standard InChI is InChI=1S/C12H14BrNS/c13-9-4-3-5-10-11(9)14-8-12(15-10)6-1-2-7-12/h3-5,14H,1-2,6-8H2. The fourth-order valence-corrected chi connectivity index (χ4v) is 4.75. The van der Waals surface area contributed by atoms with Crippen LogP contribution in [0.25, 0.3) is 0 Å². The average Bonchev–Trinajstić information content (AvgIpc) is 2.66. The molecule has 1 N–H and O–H groups in total. The van der Waals surface area contributed by atoms with Gasteiger partial charge in [0.25, 0.3) is 0 Å². The normalized spacial score (nSPS) is 22.5. The number of halogens is 1. The lowest BCUT2D eigenvalue weighted by atomic mass is 10.1. The van der Waals surface area contributed by atoms with Gasteiger partial charge in [0, 0.05) is 20.7 Å². The Balaban J connectivity index is 1.96. The number of hydrogen-bond donors (Lipinski definition) is 1. The zero-order chi connectivity index (χ0) is 10.3. The third-order valence-corrected chi connectivity index (χ3v) is 5.61. The zero-order valence-electron chi connectivity index (χ0n) is 8.55. The number of hydrogen-bond acceptors (Lipinski definition) is 2. The van der Waals surface area contributed by atoms with Crippen LogP contribution in [-0.2, 0) is 0 Å². The van der Waals surface area contributed by atoms with E-state index in [0.29, 0.717) is 4.75 Å². The van der Waals surface area contributed by atoms with Crippen molar-refractivity contribution in [2.24, 2.45) is 0 Å². The molecule has 1 aromatic rings. The molecule has 3 heteroatoms. The first-order valence-electron chi connectivity index (χ1n) is 5.51. The van der Waals surface area contributed by atoms with E-state index in [0.717, 1.165) is 6.54 Å². The van der Waals surface area contributed by atoms with E-state index in [2.05, 4.69) is 51.2 Å². The molecule has 0 bridgehead atoms. The van der Waals surface area contributed by atoms with E-state index in [1.54, 1.807) is 0 Å². The van der Waals surface area contributed by atoms with Gasteiger partial charge in [-0.1, -0.05) is 18.9 Å². The first-order chi connectivity index (χ1) is 7.29. The largest absolute Gasteiger partial charge is 0.382 e. The van der Waals surface area contributed by atoms with Crippen molar-refractivity contribution in [1.82, 2.24) is 0 Å². The van der Waals surface area contributed by atoms with Crippen molar-refractivity contribution >= 4 is 33.4 Å². The van der Waals surface area contributed by atoms with Gasteiger partial charge < -0.3 is 5.32 Å². The van der Waals surface area contributed by atoms with Crippen LogP contribution in [0.15, 0.2) is 27.6 Å². The molecule has 0 atom stereocenters. The maximum Gasteiger partial charge on any atom is 0.0623 e. The predicted octanol–water partition coefficient (Wildman–Crippen LogP) is 4.28. The first-order valence-corrected chi connectivity index (χ1v) is 7.11. The maximum atomic E-state index is 3.60. The molecule has 2 aliphatic rings. The predicted molar refractivity (Wildman–Crippen MR) is 69.7 cm³/mol. The Morgan fingerprint density at radius 1 is 1.27 bits per heavy atom. The maximum absolute atomic E-state index is 3.60. The van der Waals surface area contributed by atoms with Crippen LogP contribution in [0, 0.1) is 0 Å². The van der Waals surface area contributed by atoms with Gasteiger partial charge in [0.2, 0.25) is 0 Å². The molecular weight excluding hydrogens is 270 g/mol. The fraction of sp³-hybridized carbons (Fsp3) is 0.500. The van der Waals surface area contributed by atoms with Gasteiger partial charge in [-0.3, -0.25) is 0 Å². The van der Waals surface area contributed by atoms with Gasteiger partial charge in [-0.2, -0.15) is 0 Å². The van der Waals surface area contributed by atoms with Gasteiger partial charge in [0.15, 0.2) is 0 Å². The molecular formula is C12H14BrNS. The fourth-order valence-electron chi connectivity index (χ4n) is 2.58. The molecule has 1 aromatic carbocycles. The molecule has 0 unspecified atom stereocenters. The average molecular weight is 284 g/mol. The highest BCUT2D eigenvalue weighted by molar-refractivity contribution is 9.10. The monoisotopic (exact) mass is 283 g/mol. The third kappa shape index (κ3) is 1.70. The minimum absolute atomic E-state index is 0.494. The third-order valence-electron chi connectivity index (χ3n) is 3.40. The van der Waals surface area contributed by atoms with Crippen molar-refractivity contribution in [3.63, 3.8) is 0 Å². The molecule has 0 aromatic heterocycles. The molecule has 1 saturated carbocycles. The lowest BCUT2D eigenvalue weighted by Crippen LogP contribution is -2.33. The number of nitrogens with one attached hydrogen (secondary N) is 1. The van der Waals surface area contributed by atoms with E-state index in [4.69, 9.17) is 0 Å². The molecule has 80 valence electrons. The molecule has 1 aliphatic carbocycles. The van der Waals surface area contributed by atoms with Crippen molar-refractivity contribution in [1.29, 1.82) is 0 Å². The van der Waals surface area contributed by atoms with Crippen LogP contribution in [0.5, 0.6) is 0 Å². The van der Waals surface area contributed by atoms with Gasteiger partial charge in [-0.15, -0.1) is 11.8 Å². The highest BCUT2D eigenvalue weighted by Crippen LogP contribution is 2.51. The van der Waals surface area contributed by atoms with E-state index in [-0.39, 0.29) is 0 Å². The summed E-state index contributed by atoms with van der Waals surface area (Å²) in [5, 5.41) is 3.60. The van der Waals surface area contributed by atoms with Gasteiger partial charge in [0.05, 0.1) is 5.69 Å². The van der Waals surface area contributed by atoms with Gasteiger partial charge in [0.1, 0.15) is 0 Å². The highest BCUT2D eigenvalue weighted by Gasteiger charge is 2.38. The Hall–Kier alpha value is -0.150. The van der Waals surface area contributed by atoms with E-state index >= 15 is 0 Å². The number of benzene rings is 1. The van der Waals surface area contributed by atoms with E-state index in [9.17, 15) is 0 Å². The number of rotatable bonds is 0. The number of para-hydroxylation sites is 1. The minimum atomic E-state index is 0.494. The number of fused-ring (bicyclic) bond motifs is 1. The highest BCUT2D eigenvalue weighted by atomic mass is 79.9. The van der Waals surface area contributed by atoms with Crippen LogP contribution >= 0.6 is 27.7 Å². The molecule has 15 heavy (non-hydrogen) atoms. The summed E-state index contributed by atoms with van der Waals surface area (Å²) in [6, 6.07) is 6.47. The van der Waals surface area contributed by atoms with Crippen LogP contribution in [0.2, 0.25) is 0 Å². The summed E-state index contributed by atoms with van der Waals surface area (Å²) in [7, 11) is 0. The van der Waals surface area contributed by atoms with E-state index < -0.39 is 0 Å². The smallest absolute Gasteiger partial charge is 0.0623 e. The second-order valence-corrected chi connectivity index (χ2v) is 6.82. The van der Waals surface area contributed by atoms with Crippen LogP contribution < -0.4 is 5.32 Å². The lowest BCUT2D eigenvalue weighted by Gasteiger charge is -2.35. The summed E-state index contributed by atoms with van der Waals surface area (Å²) in [4.78, 5) is 1.41. The minimum Gasteiger partial charge on any atom is -0.382 e. The Morgan fingerprint density at radius 2 is 2.07 bits per heavy atom.